The molecule has 1 aliphatic rings. The number of rotatable bonds is 7. The number of allylic oxidation sites excluding steroid dienone is 2. The van der Waals surface area contributed by atoms with Crippen LogP contribution in [0.5, 0.6) is 5.75 Å². The Morgan fingerprint density at radius 2 is 1.70 bits per heavy atom. The zero-order valence-electron chi connectivity index (χ0n) is 17.3. The molecular weight excluding hydrogens is 389 g/mol. The fraction of sp³-hybridized carbons (Fsp3) is 0.280. The lowest BCUT2D eigenvalue weighted by Gasteiger charge is -2.24. The van der Waals surface area contributed by atoms with Crippen molar-refractivity contribution in [3.63, 3.8) is 0 Å². The first-order chi connectivity index (χ1) is 14.3. The van der Waals surface area contributed by atoms with E-state index in [4.69, 9.17) is 9.47 Å². The van der Waals surface area contributed by atoms with Gasteiger partial charge in [0.15, 0.2) is 23.1 Å². The molecule has 0 radical (unpaired) electrons. The number of benzene rings is 2. The van der Waals surface area contributed by atoms with Gasteiger partial charge in [-0.1, -0.05) is 50.8 Å². The molecule has 5 heteroatoms. The second-order valence-electron chi connectivity index (χ2n) is 7.37. The molecule has 0 N–H and O–H groups in total. The van der Waals surface area contributed by atoms with Crippen molar-refractivity contribution in [2.45, 2.75) is 39.0 Å². The van der Waals surface area contributed by atoms with Crippen LogP contribution in [0, 0.1) is 11.6 Å². The fourth-order valence-electron chi connectivity index (χ4n) is 3.49. The van der Waals surface area contributed by atoms with Crippen LogP contribution < -0.4 is 4.74 Å². The molecule has 0 saturated heterocycles. The number of ether oxygens (including phenoxy) is 2. The van der Waals surface area contributed by atoms with E-state index >= 15 is 0 Å². The van der Waals surface area contributed by atoms with E-state index < -0.39 is 17.5 Å². The van der Waals surface area contributed by atoms with Crippen molar-refractivity contribution in [1.29, 1.82) is 0 Å². The van der Waals surface area contributed by atoms with Crippen molar-refractivity contribution in [3.05, 3.63) is 100 Å². The zero-order chi connectivity index (χ0) is 21.8. The quantitative estimate of drug-likeness (QED) is 0.479. The molecule has 158 valence electrons. The fourth-order valence-corrected chi connectivity index (χ4v) is 3.49. The van der Waals surface area contributed by atoms with E-state index in [0.29, 0.717) is 24.0 Å². The Kier molecular flexibility index (Phi) is 6.70. The van der Waals surface area contributed by atoms with Gasteiger partial charge in [0.2, 0.25) is 11.6 Å². The maximum atomic E-state index is 14.7. The number of aryl methyl sites for hydroxylation is 3. The molecule has 0 amide bonds. The molecule has 30 heavy (non-hydrogen) atoms. The van der Waals surface area contributed by atoms with E-state index in [1.54, 1.807) is 6.07 Å². The lowest BCUT2D eigenvalue weighted by Crippen LogP contribution is -2.15. The molecule has 0 fully saturated rings. The standard InChI is InChI=1S/C25H25F3O2/c1-5-6-17-7-9-18(10-8-17)11-12-19-14-20-13-15(2)24(21(26)16(3)29-4)30-25(20)23(28)22(19)27/h7-10,14H,2-3,5-6,11-13H2,1,4H3/b24-21-. The highest BCUT2D eigenvalue weighted by molar-refractivity contribution is 5.51. The van der Waals surface area contributed by atoms with Gasteiger partial charge in [0, 0.05) is 12.0 Å². The average Bonchev–Trinajstić information content (AvgIpc) is 2.75. The van der Waals surface area contributed by atoms with Crippen LogP contribution >= 0.6 is 0 Å². The van der Waals surface area contributed by atoms with E-state index in [2.05, 4.69) is 32.2 Å². The van der Waals surface area contributed by atoms with Crippen LogP contribution in [0.15, 0.2) is 66.4 Å². The molecule has 0 atom stereocenters. The highest BCUT2D eigenvalue weighted by Crippen LogP contribution is 2.39. The maximum absolute atomic E-state index is 14.7. The first-order valence-corrected chi connectivity index (χ1v) is 9.92. The topological polar surface area (TPSA) is 18.5 Å². The summed E-state index contributed by atoms with van der Waals surface area (Å²) in [5.41, 5.74) is 3.32. The number of hydrogen-bond donors (Lipinski definition) is 0. The molecule has 2 nitrogen and oxygen atoms in total. The van der Waals surface area contributed by atoms with Crippen LogP contribution in [0.1, 0.15) is 35.6 Å². The third-order valence-corrected chi connectivity index (χ3v) is 5.18. The van der Waals surface area contributed by atoms with Gasteiger partial charge in [0.25, 0.3) is 0 Å². The summed E-state index contributed by atoms with van der Waals surface area (Å²) in [5.74, 6) is -3.86. The maximum Gasteiger partial charge on any atom is 0.207 e. The molecular formula is C25H25F3O2. The molecule has 0 saturated carbocycles. The van der Waals surface area contributed by atoms with E-state index in [9.17, 15) is 13.2 Å². The van der Waals surface area contributed by atoms with Gasteiger partial charge >= 0.3 is 0 Å². The molecule has 0 aliphatic carbocycles. The van der Waals surface area contributed by atoms with Crippen LogP contribution in [0.25, 0.3) is 0 Å². The van der Waals surface area contributed by atoms with Gasteiger partial charge in [-0.2, -0.15) is 8.78 Å². The minimum Gasteiger partial charge on any atom is -0.494 e. The summed E-state index contributed by atoms with van der Waals surface area (Å²) in [6.07, 6.45) is 3.16. The number of fused-ring (bicyclic) bond motifs is 1. The highest BCUT2D eigenvalue weighted by atomic mass is 19.2. The largest absolute Gasteiger partial charge is 0.494 e. The van der Waals surface area contributed by atoms with E-state index in [1.165, 1.54) is 12.7 Å². The lowest BCUT2D eigenvalue weighted by molar-refractivity contribution is 0.272. The third kappa shape index (κ3) is 4.45. The van der Waals surface area contributed by atoms with Crippen LogP contribution in [0.3, 0.4) is 0 Å². The van der Waals surface area contributed by atoms with Gasteiger partial charge in [-0.25, -0.2) is 4.39 Å². The Morgan fingerprint density at radius 3 is 2.30 bits per heavy atom. The summed E-state index contributed by atoms with van der Waals surface area (Å²) < 4.78 is 53.9. The van der Waals surface area contributed by atoms with Crippen LogP contribution in [0.4, 0.5) is 13.2 Å². The SMILES string of the molecule is C=C(OC)/C(F)=C1/Oc2c(cc(CCc3ccc(CCC)cc3)c(F)c2F)CC1=C. The van der Waals surface area contributed by atoms with Crippen molar-refractivity contribution < 1.29 is 22.6 Å². The second kappa shape index (κ2) is 9.24. The minimum atomic E-state index is -1.12. The van der Waals surface area contributed by atoms with E-state index in [0.717, 1.165) is 18.4 Å². The minimum absolute atomic E-state index is 0.144. The van der Waals surface area contributed by atoms with Gasteiger partial charge < -0.3 is 9.47 Å². The van der Waals surface area contributed by atoms with Crippen molar-refractivity contribution in [1.82, 2.24) is 0 Å². The van der Waals surface area contributed by atoms with Crippen molar-refractivity contribution in [3.8, 4) is 5.75 Å². The normalized spacial score (nSPS) is 14.8. The summed E-state index contributed by atoms with van der Waals surface area (Å²) in [6, 6.07) is 9.74. The predicted molar refractivity (Wildman–Crippen MR) is 112 cm³/mol. The summed E-state index contributed by atoms with van der Waals surface area (Å²) in [6.45, 7) is 9.34. The van der Waals surface area contributed by atoms with E-state index in [-0.39, 0.29) is 29.3 Å². The smallest absolute Gasteiger partial charge is 0.207 e. The molecule has 0 bridgehead atoms. The number of halogens is 3. The van der Waals surface area contributed by atoms with Crippen molar-refractivity contribution in [2.24, 2.45) is 0 Å². The lowest BCUT2D eigenvalue weighted by atomic mass is 9.95. The van der Waals surface area contributed by atoms with E-state index in [1.807, 2.05) is 12.1 Å². The highest BCUT2D eigenvalue weighted by Gasteiger charge is 2.29. The first kappa shape index (κ1) is 21.8. The Hall–Kier alpha value is -2.95. The van der Waals surface area contributed by atoms with Crippen LogP contribution in [-0.4, -0.2) is 7.11 Å². The third-order valence-electron chi connectivity index (χ3n) is 5.18. The molecule has 0 aromatic heterocycles. The molecule has 2 aromatic carbocycles. The van der Waals surface area contributed by atoms with Crippen molar-refractivity contribution >= 4 is 0 Å². The van der Waals surface area contributed by atoms with Gasteiger partial charge in [-0.15, -0.1) is 0 Å². The van der Waals surface area contributed by atoms with Crippen LogP contribution in [-0.2, 0) is 30.4 Å². The second-order valence-corrected chi connectivity index (χ2v) is 7.37. The molecule has 1 heterocycles. The van der Waals surface area contributed by atoms with Gasteiger partial charge in [0.1, 0.15) is 0 Å². The average molecular weight is 414 g/mol. The van der Waals surface area contributed by atoms with Crippen LogP contribution in [0.2, 0.25) is 0 Å². The Bertz CT molecular complexity index is 1000. The molecule has 2 aromatic rings. The monoisotopic (exact) mass is 414 g/mol. The van der Waals surface area contributed by atoms with Gasteiger partial charge in [-0.3, -0.25) is 0 Å². The summed E-state index contributed by atoms with van der Waals surface area (Å²) in [4.78, 5) is 0. The Balaban J connectivity index is 1.83. The molecule has 0 spiro atoms. The summed E-state index contributed by atoms with van der Waals surface area (Å²) in [7, 11) is 1.26. The predicted octanol–water partition coefficient (Wildman–Crippen LogP) is 6.53. The first-order valence-electron chi connectivity index (χ1n) is 9.92. The summed E-state index contributed by atoms with van der Waals surface area (Å²) in [5, 5.41) is 0. The molecule has 1 aliphatic heterocycles. The summed E-state index contributed by atoms with van der Waals surface area (Å²) >= 11 is 0. The Labute approximate surface area is 175 Å². The van der Waals surface area contributed by atoms with Crippen molar-refractivity contribution in [2.75, 3.05) is 7.11 Å². The molecule has 3 rings (SSSR count). The van der Waals surface area contributed by atoms with Gasteiger partial charge in [0.05, 0.1) is 7.11 Å². The molecule has 0 unspecified atom stereocenters. The van der Waals surface area contributed by atoms with Gasteiger partial charge in [-0.05, 0) is 47.6 Å². The number of hydrogen-bond acceptors (Lipinski definition) is 2. The zero-order valence-corrected chi connectivity index (χ0v) is 17.3. The number of methoxy groups -OCH3 is 1. The Morgan fingerprint density at radius 1 is 1.07 bits per heavy atom.